The second-order valence-corrected chi connectivity index (χ2v) is 5.45. The van der Waals surface area contributed by atoms with Crippen molar-refractivity contribution in [2.24, 2.45) is 0 Å². The van der Waals surface area contributed by atoms with Crippen LogP contribution in [-0.2, 0) is 19.1 Å². The van der Waals surface area contributed by atoms with Crippen molar-refractivity contribution >= 4 is 30.3 Å². The van der Waals surface area contributed by atoms with Gasteiger partial charge in [-0.3, -0.25) is 9.59 Å². The van der Waals surface area contributed by atoms with E-state index < -0.39 is 11.8 Å². The van der Waals surface area contributed by atoms with Gasteiger partial charge in [-0.1, -0.05) is 0 Å². The van der Waals surface area contributed by atoms with E-state index in [4.69, 9.17) is 4.74 Å². The number of aldehydes is 2. The van der Waals surface area contributed by atoms with Crippen molar-refractivity contribution in [3.05, 3.63) is 0 Å². The van der Waals surface area contributed by atoms with Gasteiger partial charge in [0.15, 0.2) is 6.29 Å². The molecule has 0 amide bonds. The molecule has 4 atom stereocenters. The largest absolute Gasteiger partial charge is 0.435 e. The van der Waals surface area contributed by atoms with E-state index in [0.717, 1.165) is 6.29 Å². The van der Waals surface area contributed by atoms with Crippen LogP contribution in [0.5, 0.6) is 0 Å². The number of rotatable bonds is 4. The predicted octanol–water partition coefficient (Wildman–Crippen LogP) is -1.01. The third kappa shape index (κ3) is 1.69. The molecule has 17 heavy (non-hydrogen) atoms. The highest BCUT2D eigenvalue weighted by molar-refractivity contribution is 8.01. The SMILES string of the molecule is CNC(C=O)C1SC2CC(=O)OC2(C=O)N1C. The Kier molecular flexibility index (Phi) is 3.24. The molecule has 4 unspecified atom stereocenters. The molecule has 0 aliphatic carbocycles. The zero-order valence-corrected chi connectivity index (χ0v) is 10.4. The van der Waals surface area contributed by atoms with Crippen LogP contribution in [0.1, 0.15) is 6.42 Å². The molecule has 2 fully saturated rings. The minimum atomic E-state index is -1.20. The summed E-state index contributed by atoms with van der Waals surface area (Å²) in [6, 6.07) is -0.397. The Morgan fingerprint density at radius 3 is 2.82 bits per heavy atom. The number of carbonyl (C=O) groups excluding carboxylic acids is 3. The van der Waals surface area contributed by atoms with Gasteiger partial charge in [-0.2, -0.15) is 0 Å². The van der Waals surface area contributed by atoms with Gasteiger partial charge in [0.25, 0.3) is 0 Å². The Labute approximate surface area is 103 Å². The van der Waals surface area contributed by atoms with Crippen LogP contribution in [0.4, 0.5) is 0 Å². The van der Waals surface area contributed by atoms with Gasteiger partial charge in [0.2, 0.25) is 5.72 Å². The fourth-order valence-corrected chi connectivity index (χ4v) is 4.03. The second-order valence-electron chi connectivity index (χ2n) is 4.12. The lowest BCUT2D eigenvalue weighted by Gasteiger charge is -2.32. The molecule has 1 N–H and O–H groups in total. The maximum Gasteiger partial charge on any atom is 0.309 e. The average molecular weight is 258 g/mol. The maximum absolute atomic E-state index is 11.3. The third-order valence-electron chi connectivity index (χ3n) is 3.28. The van der Waals surface area contributed by atoms with E-state index in [2.05, 4.69) is 5.32 Å². The van der Waals surface area contributed by atoms with Crippen LogP contribution in [-0.4, -0.2) is 59.9 Å². The molecule has 2 heterocycles. The molecule has 0 aromatic carbocycles. The summed E-state index contributed by atoms with van der Waals surface area (Å²) in [4.78, 5) is 35.2. The molecule has 0 radical (unpaired) electrons. The lowest BCUT2D eigenvalue weighted by atomic mass is 10.1. The van der Waals surface area contributed by atoms with E-state index in [1.165, 1.54) is 11.8 Å². The van der Waals surface area contributed by atoms with Gasteiger partial charge in [-0.25, -0.2) is 4.90 Å². The first-order chi connectivity index (χ1) is 8.08. The minimum absolute atomic E-state index is 0.208. The Morgan fingerprint density at radius 1 is 1.65 bits per heavy atom. The van der Waals surface area contributed by atoms with Crippen molar-refractivity contribution in [1.82, 2.24) is 10.2 Å². The van der Waals surface area contributed by atoms with Crippen LogP contribution in [0.15, 0.2) is 0 Å². The third-order valence-corrected chi connectivity index (χ3v) is 5.00. The number of nitrogens with one attached hydrogen (secondary N) is 1. The average Bonchev–Trinajstić information content (AvgIpc) is 2.76. The first kappa shape index (κ1) is 12.5. The van der Waals surface area contributed by atoms with Crippen molar-refractivity contribution in [3.8, 4) is 0 Å². The molecule has 2 rings (SSSR count). The topological polar surface area (TPSA) is 75.7 Å². The van der Waals surface area contributed by atoms with Gasteiger partial charge in [-0.05, 0) is 14.1 Å². The van der Waals surface area contributed by atoms with E-state index in [1.807, 2.05) is 0 Å². The smallest absolute Gasteiger partial charge is 0.309 e. The molecular formula is C10H14N2O4S. The molecule has 94 valence electrons. The number of esters is 1. The van der Waals surface area contributed by atoms with Crippen LogP contribution in [0.3, 0.4) is 0 Å². The van der Waals surface area contributed by atoms with Gasteiger partial charge in [0.1, 0.15) is 6.29 Å². The summed E-state index contributed by atoms with van der Waals surface area (Å²) >= 11 is 1.43. The quantitative estimate of drug-likeness (QED) is 0.511. The zero-order chi connectivity index (χ0) is 12.6. The van der Waals surface area contributed by atoms with Crippen molar-refractivity contribution in [3.63, 3.8) is 0 Å². The molecule has 0 aromatic rings. The maximum atomic E-state index is 11.3. The number of ether oxygens (including phenoxy) is 1. The number of hydrogen-bond donors (Lipinski definition) is 1. The highest BCUT2D eigenvalue weighted by atomic mass is 32.2. The first-order valence-corrected chi connectivity index (χ1v) is 6.22. The Balaban J connectivity index is 2.27. The summed E-state index contributed by atoms with van der Waals surface area (Å²) in [5, 5.41) is 2.43. The van der Waals surface area contributed by atoms with Gasteiger partial charge in [0.05, 0.1) is 23.1 Å². The number of thioether (sulfide) groups is 1. The number of nitrogens with zero attached hydrogens (tertiary/aromatic N) is 1. The summed E-state index contributed by atoms with van der Waals surface area (Å²) in [6.45, 7) is 0. The molecule has 6 nitrogen and oxygen atoms in total. The monoisotopic (exact) mass is 258 g/mol. The van der Waals surface area contributed by atoms with E-state index >= 15 is 0 Å². The first-order valence-electron chi connectivity index (χ1n) is 5.28. The summed E-state index contributed by atoms with van der Waals surface area (Å²) in [5.74, 6) is -0.369. The lowest BCUT2D eigenvalue weighted by molar-refractivity contribution is -0.167. The fourth-order valence-electron chi connectivity index (χ4n) is 2.28. The number of likely N-dealkylation sites (N-methyl/N-ethyl adjacent to an activating group) is 2. The molecule has 2 aliphatic rings. The van der Waals surface area contributed by atoms with E-state index in [1.54, 1.807) is 19.0 Å². The van der Waals surface area contributed by atoms with Gasteiger partial charge in [-0.15, -0.1) is 11.8 Å². The highest BCUT2D eigenvalue weighted by Gasteiger charge is 2.61. The molecule has 0 bridgehead atoms. The van der Waals surface area contributed by atoms with Gasteiger partial charge < -0.3 is 14.8 Å². The minimum Gasteiger partial charge on any atom is -0.435 e. The highest BCUT2D eigenvalue weighted by Crippen LogP contribution is 2.48. The second kappa shape index (κ2) is 4.40. The summed E-state index contributed by atoms with van der Waals surface area (Å²) < 4.78 is 5.16. The van der Waals surface area contributed by atoms with Gasteiger partial charge in [0, 0.05) is 0 Å². The molecule has 2 aliphatic heterocycles. The normalized spacial score (nSPS) is 38.6. The summed E-state index contributed by atoms with van der Waals surface area (Å²) in [6.07, 6.45) is 1.67. The Bertz CT molecular complexity index is 364. The molecular weight excluding hydrogens is 244 g/mol. The van der Waals surface area contributed by atoms with Crippen molar-refractivity contribution in [1.29, 1.82) is 0 Å². The van der Waals surface area contributed by atoms with Crippen LogP contribution >= 0.6 is 11.8 Å². The van der Waals surface area contributed by atoms with E-state index in [0.29, 0.717) is 6.29 Å². The van der Waals surface area contributed by atoms with E-state index in [9.17, 15) is 14.4 Å². The lowest BCUT2D eigenvalue weighted by Crippen LogP contribution is -2.54. The van der Waals surface area contributed by atoms with Crippen LogP contribution in [0.25, 0.3) is 0 Å². The van der Waals surface area contributed by atoms with Crippen molar-refractivity contribution < 1.29 is 19.1 Å². The van der Waals surface area contributed by atoms with Crippen LogP contribution < -0.4 is 5.32 Å². The van der Waals surface area contributed by atoms with Crippen molar-refractivity contribution in [2.45, 2.75) is 28.8 Å². The Morgan fingerprint density at radius 2 is 2.35 bits per heavy atom. The van der Waals surface area contributed by atoms with Crippen molar-refractivity contribution in [2.75, 3.05) is 14.1 Å². The number of hydrogen-bond acceptors (Lipinski definition) is 7. The molecule has 2 saturated heterocycles. The zero-order valence-electron chi connectivity index (χ0n) is 9.58. The Hall–Kier alpha value is -0.920. The van der Waals surface area contributed by atoms with Gasteiger partial charge >= 0.3 is 5.97 Å². The fraction of sp³-hybridized carbons (Fsp3) is 0.700. The number of carbonyl (C=O) groups is 3. The van der Waals surface area contributed by atoms with Crippen LogP contribution in [0.2, 0.25) is 0 Å². The van der Waals surface area contributed by atoms with Crippen LogP contribution in [0, 0.1) is 0 Å². The molecule has 0 aromatic heterocycles. The molecule has 0 spiro atoms. The van der Waals surface area contributed by atoms with E-state index in [-0.39, 0.29) is 23.0 Å². The molecule has 7 heteroatoms. The predicted molar refractivity (Wildman–Crippen MR) is 61.3 cm³/mol. The molecule has 0 saturated carbocycles. The standard InChI is InChI=1S/C10H14N2O4S/c1-11-6(4-13)9-12(2)10(5-14)7(17-9)3-8(15)16-10/h4-7,9,11H,3H2,1-2H3. The summed E-state index contributed by atoms with van der Waals surface area (Å²) in [5.41, 5.74) is -1.20. The summed E-state index contributed by atoms with van der Waals surface area (Å²) in [7, 11) is 3.37. The number of fused-ring (bicyclic) bond motifs is 1.